The quantitative estimate of drug-likeness (QED) is 0.846. The Morgan fingerprint density at radius 3 is 2.67 bits per heavy atom. The van der Waals surface area contributed by atoms with Crippen LogP contribution in [0.2, 0.25) is 0 Å². The number of benzene rings is 1. The zero-order valence-electron chi connectivity index (χ0n) is 13.1. The summed E-state index contributed by atoms with van der Waals surface area (Å²) < 4.78 is 11.1. The Balaban J connectivity index is 2.08. The van der Waals surface area contributed by atoms with Gasteiger partial charge >= 0.3 is 0 Å². The van der Waals surface area contributed by atoms with Crippen LogP contribution in [0.25, 0.3) is 0 Å². The molecule has 1 heterocycles. The molecule has 0 radical (unpaired) electrons. The van der Waals surface area contributed by atoms with E-state index in [9.17, 15) is 0 Å². The summed E-state index contributed by atoms with van der Waals surface area (Å²) in [6.07, 6.45) is 0.997. The minimum Gasteiger partial charge on any atom is -0.485 e. The summed E-state index contributed by atoms with van der Waals surface area (Å²) in [6.45, 7) is 6.50. The molecule has 2 rings (SSSR count). The molecule has 1 atom stereocenters. The van der Waals surface area contributed by atoms with Crippen molar-refractivity contribution < 1.29 is 9.26 Å². The fourth-order valence-corrected chi connectivity index (χ4v) is 2.18. The minimum atomic E-state index is 0.229. The highest BCUT2D eigenvalue weighted by Gasteiger charge is 2.14. The van der Waals surface area contributed by atoms with E-state index in [4.69, 9.17) is 9.26 Å². The van der Waals surface area contributed by atoms with Gasteiger partial charge in [0.25, 0.3) is 0 Å². The molecule has 5 heteroatoms. The minimum absolute atomic E-state index is 0.229. The molecule has 0 aliphatic carbocycles. The number of rotatable bonds is 7. The SMILES string of the molecule is CCC(NC)c1ccccc1OCc1noc(C(C)C)n1. The molecule has 0 amide bonds. The van der Waals surface area contributed by atoms with Gasteiger partial charge in [-0.25, -0.2) is 0 Å². The summed E-state index contributed by atoms with van der Waals surface area (Å²) >= 11 is 0. The molecule has 0 aliphatic rings. The van der Waals surface area contributed by atoms with Gasteiger partial charge in [-0.2, -0.15) is 4.98 Å². The number of hydrogen-bond donors (Lipinski definition) is 1. The third kappa shape index (κ3) is 3.82. The Labute approximate surface area is 125 Å². The highest BCUT2D eigenvalue weighted by Crippen LogP contribution is 2.27. The van der Waals surface area contributed by atoms with Crippen LogP contribution < -0.4 is 10.1 Å². The normalized spacial score (nSPS) is 12.6. The lowest BCUT2D eigenvalue weighted by molar-refractivity contribution is 0.279. The van der Waals surface area contributed by atoms with Gasteiger partial charge in [0.2, 0.25) is 11.7 Å². The van der Waals surface area contributed by atoms with E-state index >= 15 is 0 Å². The zero-order chi connectivity index (χ0) is 15.2. The van der Waals surface area contributed by atoms with Crippen molar-refractivity contribution in [1.82, 2.24) is 15.5 Å². The van der Waals surface area contributed by atoms with E-state index in [0.717, 1.165) is 17.7 Å². The molecule has 1 aromatic carbocycles. The number of aromatic nitrogens is 2. The molecule has 21 heavy (non-hydrogen) atoms. The van der Waals surface area contributed by atoms with E-state index in [1.54, 1.807) is 0 Å². The van der Waals surface area contributed by atoms with Gasteiger partial charge in [0, 0.05) is 17.5 Å². The summed E-state index contributed by atoms with van der Waals surface area (Å²) in [6, 6.07) is 8.32. The van der Waals surface area contributed by atoms with E-state index < -0.39 is 0 Å². The maximum atomic E-state index is 5.88. The fourth-order valence-electron chi connectivity index (χ4n) is 2.18. The van der Waals surface area contributed by atoms with Crippen LogP contribution in [0.3, 0.4) is 0 Å². The third-order valence-electron chi connectivity index (χ3n) is 3.39. The summed E-state index contributed by atoms with van der Waals surface area (Å²) in [7, 11) is 1.96. The molecule has 0 bridgehead atoms. The van der Waals surface area contributed by atoms with Crippen LogP contribution in [-0.4, -0.2) is 17.2 Å². The topological polar surface area (TPSA) is 60.2 Å². The van der Waals surface area contributed by atoms with Crippen molar-refractivity contribution in [3.63, 3.8) is 0 Å². The summed E-state index contributed by atoms with van der Waals surface area (Å²) in [4.78, 5) is 4.32. The van der Waals surface area contributed by atoms with E-state index in [2.05, 4.69) is 28.4 Å². The molecule has 1 N–H and O–H groups in total. The van der Waals surface area contributed by atoms with Crippen molar-refractivity contribution in [3.8, 4) is 5.75 Å². The number of para-hydroxylation sites is 1. The molecule has 114 valence electrons. The monoisotopic (exact) mass is 289 g/mol. The largest absolute Gasteiger partial charge is 0.485 e. The molecule has 0 saturated carbocycles. The molecule has 1 aromatic heterocycles. The third-order valence-corrected chi connectivity index (χ3v) is 3.39. The molecule has 0 aliphatic heterocycles. The van der Waals surface area contributed by atoms with Gasteiger partial charge in [-0.3, -0.25) is 0 Å². The first-order valence-corrected chi connectivity index (χ1v) is 7.37. The van der Waals surface area contributed by atoms with Crippen molar-refractivity contribution in [1.29, 1.82) is 0 Å². The van der Waals surface area contributed by atoms with Gasteiger partial charge in [0.1, 0.15) is 5.75 Å². The smallest absolute Gasteiger partial charge is 0.229 e. The molecule has 0 saturated heterocycles. The van der Waals surface area contributed by atoms with Crippen LogP contribution in [0.15, 0.2) is 28.8 Å². The van der Waals surface area contributed by atoms with Gasteiger partial charge in [-0.1, -0.05) is 44.1 Å². The average molecular weight is 289 g/mol. The molecule has 0 fully saturated rings. The van der Waals surface area contributed by atoms with Gasteiger partial charge in [0.15, 0.2) is 6.61 Å². The average Bonchev–Trinajstić information content (AvgIpc) is 2.97. The molecule has 2 aromatic rings. The predicted molar refractivity (Wildman–Crippen MR) is 81.3 cm³/mol. The van der Waals surface area contributed by atoms with E-state index in [-0.39, 0.29) is 12.0 Å². The first-order valence-electron chi connectivity index (χ1n) is 7.37. The second-order valence-corrected chi connectivity index (χ2v) is 5.28. The van der Waals surface area contributed by atoms with E-state index in [1.807, 2.05) is 39.1 Å². The van der Waals surface area contributed by atoms with Gasteiger partial charge in [-0.15, -0.1) is 0 Å². The van der Waals surface area contributed by atoms with Crippen molar-refractivity contribution in [3.05, 3.63) is 41.5 Å². The van der Waals surface area contributed by atoms with Crippen molar-refractivity contribution in [2.24, 2.45) is 0 Å². The summed E-state index contributed by atoms with van der Waals surface area (Å²) in [5, 5.41) is 7.24. The van der Waals surface area contributed by atoms with Crippen LogP contribution in [0, 0.1) is 0 Å². The van der Waals surface area contributed by atoms with Crippen LogP contribution in [0.5, 0.6) is 5.75 Å². The summed E-state index contributed by atoms with van der Waals surface area (Å²) in [5.41, 5.74) is 1.15. The molecule has 5 nitrogen and oxygen atoms in total. The van der Waals surface area contributed by atoms with Crippen LogP contribution >= 0.6 is 0 Å². The van der Waals surface area contributed by atoms with Crippen LogP contribution in [0.1, 0.15) is 56.4 Å². The van der Waals surface area contributed by atoms with Crippen molar-refractivity contribution >= 4 is 0 Å². The molecule has 1 unspecified atom stereocenters. The van der Waals surface area contributed by atoms with Crippen molar-refractivity contribution in [2.75, 3.05) is 7.05 Å². The van der Waals surface area contributed by atoms with E-state index in [1.165, 1.54) is 0 Å². The lowest BCUT2D eigenvalue weighted by Gasteiger charge is -2.18. The Kier molecular flexibility index (Phi) is 5.33. The van der Waals surface area contributed by atoms with E-state index in [0.29, 0.717) is 18.3 Å². The number of nitrogens with zero attached hydrogens (tertiary/aromatic N) is 2. The lowest BCUT2D eigenvalue weighted by Crippen LogP contribution is -2.16. The van der Waals surface area contributed by atoms with Crippen LogP contribution in [-0.2, 0) is 6.61 Å². The van der Waals surface area contributed by atoms with Gasteiger partial charge in [-0.05, 0) is 19.5 Å². The predicted octanol–water partition coefficient (Wildman–Crippen LogP) is 3.44. The number of hydrogen-bond acceptors (Lipinski definition) is 5. The molecular formula is C16H23N3O2. The van der Waals surface area contributed by atoms with Crippen molar-refractivity contribution in [2.45, 2.75) is 45.8 Å². The van der Waals surface area contributed by atoms with Gasteiger partial charge < -0.3 is 14.6 Å². The highest BCUT2D eigenvalue weighted by atomic mass is 16.5. The first-order chi connectivity index (χ1) is 10.2. The molecular weight excluding hydrogens is 266 g/mol. The van der Waals surface area contributed by atoms with Gasteiger partial charge in [0.05, 0.1) is 0 Å². The first kappa shape index (κ1) is 15.5. The second-order valence-electron chi connectivity index (χ2n) is 5.28. The number of nitrogens with one attached hydrogen (secondary N) is 1. The molecule has 0 spiro atoms. The Bertz CT molecular complexity index is 562. The Hall–Kier alpha value is -1.88. The second kappa shape index (κ2) is 7.22. The summed E-state index contributed by atoms with van der Waals surface area (Å²) in [5.74, 6) is 2.30. The maximum absolute atomic E-state index is 5.88. The Morgan fingerprint density at radius 1 is 1.29 bits per heavy atom. The highest BCUT2D eigenvalue weighted by molar-refractivity contribution is 5.35. The zero-order valence-corrected chi connectivity index (χ0v) is 13.1. The number of ether oxygens (including phenoxy) is 1. The standard InChI is InChI=1S/C16H23N3O2/c1-5-13(17-4)12-8-6-7-9-14(12)20-10-15-18-16(11(2)3)21-19-15/h6-9,11,13,17H,5,10H2,1-4H3. The fraction of sp³-hybridized carbons (Fsp3) is 0.500. The Morgan fingerprint density at radius 2 is 2.05 bits per heavy atom. The van der Waals surface area contributed by atoms with Crippen LogP contribution in [0.4, 0.5) is 0 Å². The maximum Gasteiger partial charge on any atom is 0.229 e. The lowest BCUT2D eigenvalue weighted by atomic mass is 10.0.